The molecule has 1 saturated heterocycles. The van der Waals surface area contributed by atoms with Gasteiger partial charge in [0.2, 0.25) is 5.95 Å². The summed E-state index contributed by atoms with van der Waals surface area (Å²) in [5.41, 5.74) is 0.832. The van der Waals surface area contributed by atoms with Gasteiger partial charge in [-0.05, 0) is 68.1 Å². The van der Waals surface area contributed by atoms with Crippen LogP contribution in [0.3, 0.4) is 0 Å². The predicted octanol–water partition coefficient (Wildman–Crippen LogP) is 4.00. The first-order chi connectivity index (χ1) is 16.5. The molecule has 1 aliphatic rings. The molecule has 8 nitrogen and oxygen atoms in total. The molecule has 0 aliphatic carbocycles. The van der Waals surface area contributed by atoms with Crippen LogP contribution < -0.4 is 5.06 Å². The number of aromatic amines is 1. The molecule has 1 aromatic heterocycles. The van der Waals surface area contributed by atoms with Crippen molar-refractivity contribution in [2.24, 2.45) is 0 Å². The second kappa shape index (κ2) is 10.5. The Morgan fingerprint density at radius 2 is 2.09 bits per heavy atom. The van der Waals surface area contributed by atoms with Gasteiger partial charge in [0.05, 0.1) is 28.8 Å². The van der Waals surface area contributed by atoms with E-state index in [0.717, 1.165) is 37.0 Å². The Bertz CT molecular complexity index is 1150. The number of carboxylic acids is 1. The van der Waals surface area contributed by atoms with E-state index in [-0.39, 0.29) is 12.5 Å². The summed E-state index contributed by atoms with van der Waals surface area (Å²) in [5, 5.41) is 21.8. The Hall–Kier alpha value is -3.06. The number of nitriles is 1. The Kier molecular flexibility index (Phi) is 7.41. The lowest BCUT2D eigenvalue weighted by Crippen LogP contribution is -2.55. The highest BCUT2D eigenvalue weighted by atomic mass is 32.2. The maximum Gasteiger partial charge on any atom is 0.336 e. The van der Waals surface area contributed by atoms with E-state index in [9.17, 15) is 15.2 Å². The first kappa shape index (κ1) is 24.1. The fourth-order valence-corrected chi connectivity index (χ4v) is 4.87. The highest BCUT2D eigenvalue weighted by Gasteiger charge is 2.49. The molecule has 1 aliphatic heterocycles. The highest BCUT2D eigenvalue weighted by Crippen LogP contribution is 2.39. The number of aromatic nitrogens is 2. The number of H-pyrrole nitrogens is 1. The maximum absolute atomic E-state index is 13.2. The zero-order chi connectivity index (χ0) is 24.1. The smallest absolute Gasteiger partial charge is 0.336 e. The number of anilines is 1. The molecule has 178 valence electrons. The quantitative estimate of drug-likeness (QED) is 0.444. The van der Waals surface area contributed by atoms with Crippen molar-refractivity contribution in [3.05, 3.63) is 59.7 Å². The second-order valence-corrected chi connectivity index (χ2v) is 9.57. The lowest BCUT2D eigenvalue weighted by atomic mass is 9.85. The molecule has 9 heteroatoms. The Morgan fingerprint density at radius 1 is 1.32 bits per heavy atom. The molecular weight excluding hydrogens is 450 g/mol. The van der Waals surface area contributed by atoms with E-state index >= 15 is 0 Å². The largest absolute Gasteiger partial charge is 0.479 e. The third-order valence-electron chi connectivity index (χ3n) is 6.33. The summed E-state index contributed by atoms with van der Waals surface area (Å²) in [6, 6.07) is 16.5. The number of nitrogens with zero attached hydrogens (tertiary/aromatic N) is 4. The number of hydrogen-bond acceptors (Lipinski definition) is 7. The summed E-state index contributed by atoms with van der Waals surface area (Å²) in [6.45, 7) is 1.74. The summed E-state index contributed by atoms with van der Waals surface area (Å²) in [6.07, 6.45) is 3.62. The van der Waals surface area contributed by atoms with Gasteiger partial charge in [-0.2, -0.15) is 22.1 Å². The van der Waals surface area contributed by atoms with Crippen LogP contribution in [0.2, 0.25) is 0 Å². The van der Waals surface area contributed by atoms with Gasteiger partial charge in [0.15, 0.2) is 5.54 Å². The lowest BCUT2D eigenvalue weighted by Gasteiger charge is -2.42. The Morgan fingerprint density at radius 3 is 2.76 bits per heavy atom. The van der Waals surface area contributed by atoms with Crippen LogP contribution in [-0.4, -0.2) is 64.2 Å². The minimum absolute atomic E-state index is 0.156. The number of aliphatic carboxylic acids is 1. The third kappa shape index (κ3) is 4.75. The number of carboxylic acid groups (broad SMARTS) is 1. The number of carbonyl (C=O) groups is 1. The number of para-hydroxylation sites is 2. The van der Waals surface area contributed by atoms with Gasteiger partial charge in [0.1, 0.15) is 0 Å². The number of hydrogen-bond donors (Lipinski definition) is 2. The number of piperidine rings is 1. The number of thioether (sulfide) groups is 1. The van der Waals surface area contributed by atoms with E-state index < -0.39 is 11.5 Å². The molecule has 1 atom stereocenters. The van der Waals surface area contributed by atoms with E-state index in [1.807, 2.05) is 30.5 Å². The Labute approximate surface area is 203 Å². The third-order valence-corrected chi connectivity index (χ3v) is 6.94. The van der Waals surface area contributed by atoms with Gasteiger partial charge >= 0.3 is 5.97 Å². The number of fused-ring (bicyclic) bond motifs is 1. The summed E-state index contributed by atoms with van der Waals surface area (Å²) in [4.78, 5) is 30.0. The number of imidazole rings is 1. The Balaban J connectivity index is 1.88. The molecule has 3 aromatic rings. The molecule has 0 saturated carbocycles. The summed E-state index contributed by atoms with van der Waals surface area (Å²) >= 11 is 1.57. The SMILES string of the molecule is CSCC[C@@](C(=O)O)(c1cccc(C#N)c1)N(OC1CCN(C)CC1)c1nc2ccccc2[nH]1. The summed E-state index contributed by atoms with van der Waals surface area (Å²) in [7, 11) is 2.07. The molecule has 2 heterocycles. The van der Waals surface area contributed by atoms with Crippen molar-refractivity contribution in [1.82, 2.24) is 14.9 Å². The summed E-state index contributed by atoms with van der Waals surface area (Å²) < 4.78 is 0. The number of nitrogens with one attached hydrogen (secondary N) is 1. The topological polar surface area (TPSA) is 105 Å². The van der Waals surface area contributed by atoms with Gasteiger partial charge in [-0.3, -0.25) is 4.84 Å². The van der Waals surface area contributed by atoms with E-state index in [4.69, 9.17) is 9.82 Å². The minimum atomic E-state index is -1.58. The fourth-order valence-electron chi connectivity index (χ4n) is 4.37. The monoisotopic (exact) mass is 479 g/mol. The van der Waals surface area contributed by atoms with Crippen molar-refractivity contribution in [1.29, 1.82) is 5.26 Å². The van der Waals surface area contributed by atoms with E-state index in [1.165, 1.54) is 5.06 Å². The van der Waals surface area contributed by atoms with Crippen LogP contribution in [-0.2, 0) is 15.2 Å². The van der Waals surface area contributed by atoms with Crippen LogP contribution in [0, 0.1) is 11.3 Å². The molecule has 34 heavy (non-hydrogen) atoms. The first-order valence-corrected chi connectivity index (χ1v) is 12.7. The van der Waals surface area contributed by atoms with Gasteiger partial charge in [0, 0.05) is 13.1 Å². The predicted molar refractivity (Wildman–Crippen MR) is 134 cm³/mol. The zero-order valence-corrected chi connectivity index (χ0v) is 20.2. The van der Waals surface area contributed by atoms with E-state index in [1.54, 1.807) is 36.0 Å². The van der Waals surface area contributed by atoms with Gasteiger partial charge in [-0.1, -0.05) is 24.3 Å². The number of rotatable bonds is 9. The molecule has 1 fully saturated rings. The van der Waals surface area contributed by atoms with Gasteiger partial charge in [-0.15, -0.1) is 0 Å². The molecule has 0 radical (unpaired) electrons. The molecule has 0 amide bonds. The molecule has 2 N–H and O–H groups in total. The van der Waals surface area contributed by atoms with E-state index in [0.29, 0.717) is 22.8 Å². The molecular formula is C25H29N5O3S. The van der Waals surface area contributed by atoms with Gasteiger partial charge < -0.3 is 15.0 Å². The van der Waals surface area contributed by atoms with Crippen molar-refractivity contribution in [3.8, 4) is 6.07 Å². The molecule has 0 bridgehead atoms. The van der Waals surface area contributed by atoms with Gasteiger partial charge in [0.25, 0.3) is 0 Å². The van der Waals surface area contributed by atoms with Crippen molar-refractivity contribution < 1.29 is 14.7 Å². The number of hydroxylamine groups is 1. The normalized spacial score (nSPS) is 16.7. The van der Waals surface area contributed by atoms with Crippen LogP contribution >= 0.6 is 11.8 Å². The average Bonchev–Trinajstić information content (AvgIpc) is 3.29. The first-order valence-electron chi connectivity index (χ1n) is 11.3. The van der Waals surface area contributed by atoms with Crippen molar-refractivity contribution in [3.63, 3.8) is 0 Å². The molecule has 4 rings (SSSR count). The summed E-state index contributed by atoms with van der Waals surface area (Å²) in [5.74, 6) is -0.132. The lowest BCUT2D eigenvalue weighted by molar-refractivity contribution is -0.151. The number of likely N-dealkylation sites (tertiary alicyclic amines) is 1. The zero-order valence-electron chi connectivity index (χ0n) is 19.4. The van der Waals surface area contributed by atoms with E-state index in [2.05, 4.69) is 23.0 Å². The average molecular weight is 480 g/mol. The van der Waals surface area contributed by atoms with Crippen LogP contribution in [0.1, 0.15) is 30.4 Å². The molecule has 0 unspecified atom stereocenters. The molecule has 0 spiro atoms. The van der Waals surface area contributed by atoms with Crippen LogP contribution in [0.15, 0.2) is 48.5 Å². The number of benzene rings is 2. The highest BCUT2D eigenvalue weighted by molar-refractivity contribution is 7.98. The molecule has 2 aromatic carbocycles. The fraction of sp³-hybridized carbons (Fsp3) is 0.400. The standard InChI is InChI=1S/C25H29N5O3S/c1-29-13-10-20(11-14-29)33-30(24-27-21-8-3-4-9-22(21)28-24)25(23(31)32,12-15-34-2)19-7-5-6-18(16-19)17-26/h3-9,16,20H,10-15H2,1-2H3,(H,27,28)(H,31,32)/t25-/m0/s1. The second-order valence-electron chi connectivity index (χ2n) is 8.58. The minimum Gasteiger partial charge on any atom is -0.479 e. The van der Waals surface area contributed by atoms with Crippen LogP contribution in [0.5, 0.6) is 0 Å². The van der Waals surface area contributed by atoms with Crippen molar-refractivity contribution >= 4 is 34.7 Å². The van der Waals surface area contributed by atoms with Crippen LogP contribution in [0.25, 0.3) is 11.0 Å². The van der Waals surface area contributed by atoms with Crippen molar-refractivity contribution in [2.75, 3.05) is 37.2 Å². The van der Waals surface area contributed by atoms with Crippen LogP contribution in [0.4, 0.5) is 5.95 Å². The van der Waals surface area contributed by atoms with Gasteiger partial charge in [-0.25, -0.2) is 9.78 Å². The maximum atomic E-state index is 13.2. The van der Waals surface area contributed by atoms with Crippen molar-refractivity contribution in [2.45, 2.75) is 30.9 Å².